The summed E-state index contributed by atoms with van der Waals surface area (Å²) in [6.07, 6.45) is 2.08. The zero-order valence-electron chi connectivity index (χ0n) is 26.7. The van der Waals surface area contributed by atoms with Gasteiger partial charge in [-0.2, -0.15) is 0 Å². The van der Waals surface area contributed by atoms with E-state index in [1.807, 2.05) is 33.0 Å². The molecule has 0 saturated heterocycles. The lowest BCUT2D eigenvalue weighted by atomic mass is 10.0. The van der Waals surface area contributed by atoms with Gasteiger partial charge in [0.05, 0.1) is 5.70 Å². The van der Waals surface area contributed by atoms with E-state index in [1.165, 1.54) is 23.5 Å². The zero-order chi connectivity index (χ0) is 32.1. The molecule has 3 aromatic rings. The third-order valence-corrected chi connectivity index (χ3v) is 6.66. The van der Waals surface area contributed by atoms with Crippen LogP contribution < -0.4 is 10.4 Å². The summed E-state index contributed by atoms with van der Waals surface area (Å²) in [6, 6.07) is 15.7. The van der Waals surface area contributed by atoms with Crippen molar-refractivity contribution in [3.63, 3.8) is 0 Å². The van der Waals surface area contributed by atoms with Crippen LogP contribution in [-0.4, -0.2) is 62.4 Å². The third kappa shape index (κ3) is 9.38. The minimum atomic E-state index is -0.478. The number of amides is 1. The van der Waals surface area contributed by atoms with E-state index in [0.29, 0.717) is 32.8 Å². The number of aryl methyl sites for hydroxylation is 1. The fourth-order valence-electron chi connectivity index (χ4n) is 4.46. The van der Waals surface area contributed by atoms with E-state index in [-0.39, 0.29) is 11.7 Å². The number of aliphatic imine (C=N–C) groups is 1. The number of benzene rings is 3. The average Bonchev–Trinajstić information content (AvgIpc) is 2.94. The highest BCUT2D eigenvalue weighted by molar-refractivity contribution is 6.34. The Labute approximate surface area is 256 Å². The minimum Gasteiger partial charge on any atom is -0.374 e. The molecule has 0 aliphatic rings. The van der Waals surface area contributed by atoms with E-state index >= 15 is 0 Å². The molecule has 3 aromatic carbocycles. The highest BCUT2D eigenvalue weighted by Crippen LogP contribution is 2.23. The Kier molecular flexibility index (Phi) is 14.9. The molecule has 0 bridgehead atoms. The van der Waals surface area contributed by atoms with Crippen molar-refractivity contribution in [3.8, 4) is 11.1 Å². The third-order valence-electron chi connectivity index (χ3n) is 6.34. The Morgan fingerprint density at radius 2 is 1.62 bits per heavy atom. The molecule has 42 heavy (non-hydrogen) atoms. The van der Waals surface area contributed by atoms with E-state index in [1.54, 1.807) is 63.4 Å². The van der Waals surface area contributed by atoms with Crippen LogP contribution in [0.25, 0.3) is 23.4 Å². The van der Waals surface area contributed by atoms with Crippen molar-refractivity contribution in [1.29, 1.82) is 0 Å². The Morgan fingerprint density at radius 1 is 0.976 bits per heavy atom. The number of carbonyl (C=O) groups is 2. The number of rotatable bonds is 7. The van der Waals surface area contributed by atoms with Crippen LogP contribution in [0.3, 0.4) is 0 Å². The number of carbonyl (C=O) groups excluding carboxylic acids is 2. The number of ketones is 1. The highest BCUT2D eigenvalue weighted by atomic mass is 35.5. The van der Waals surface area contributed by atoms with Crippen LogP contribution >= 0.6 is 11.6 Å². The van der Waals surface area contributed by atoms with Crippen LogP contribution in [0.4, 0.5) is 4.39 Å². The molecule has 5 nitrogen and oxygen atoms in total. The summed E-state index contributed by atoms with van der Waals surface area (Å²) in [4.78, 5) is 31.3. The van der Waals surface area contributed by atoms with Crippen molar-refractivity contribution in [2.75, 3.05) is 35.2 Å². The molecule has 7 heteroatoms. The van der Waals surface area contributed by atoms with E-state index in [2.05, 4.69) is 31.5 Å². The highest BCUT2D eigenvalue weighted by Gasteiger charge is 2.14. The monoisotopic (exact) mass is 593 g/mol. The van der Waals surface area contributed by atoms with E-state index in [0.717, 1.165) is 29.1 Å². The maximum absolute atomic E-state index is 14.5. The molecule has 0 saturated carbocycles. The van der Waals surface area contributed by atoms with Crippen molar-refractivity contribution >= 4 is 41.3 Å². The van der Waals surface area contributed by atoms with Gasteiger partial charge in [0, 0.05) is 74.8 Å². The first kappa shape index (κ1) is 36.3. The zero-order valence-corrected chi connectivity index (χ0v) is 27.5. The number of hydrogen-bond donors (Lipinski definition) is 0. The second kappa shape index (κ2) is 17.2. The van der Waals surface area contributed by atoms with Crippen LogP contribution in [-0.2, 0) is 4.79 Å². The lowest BCUT2D eigenvalue weighted by Gasteiger charge is -2.15. The van der Waals surface area contributed by atoms with Crippen LogP contribution in [0.5, 0.6) is 0 Å². The predicted molar refractivity (Wildman–Crippen MR) is 177 cm³/mol. The lowest BCUT2D eigenvalue weighted by molar-refractivity contribution is -0.112. The summed E-state index contributed by atoms with van der Waals surface area (Å²) in [5.74, 6) is -0.797. The molecular weight excluding hydrogens is 549 g/mol. The molecule has 226 valence electrons. The summed E-state index contributed by atoms with van der Waals surface area (Å²) < 4.78 is 14.5. The standard InChI is InChI=1S/C21H23FN2O2.C12H16ClN.C2H6/c1-13-11-15(7-9-17(13)20(14(2)25)23(3)4)18-10-8-16(12-19(18)22)21(26)24(5)6;1-4-6-11(14-3)12-9(2)7-5-8-10(12)13;1-2/h7-12H,1H2,2-6H3;5,7-8H,4,6H2,1-3H3;1-2H3/b20-17-;;. The summed E-state index contributed by atoms with van der Waals surface area (Å²) in [5, 5.41) is 2.15. The maximum Gasteiger partial charge on any atom is 0.253 e. The van der Waals surface area contributed by atoms with Crippen LogP contribution in [0.15, 0.2) is 59.6 Å². The molecule has 0 heterocycles. The Hall–Kier alpha value is -3.77. The summed E-state index contributed by atoms with van der Waals surface area (Å²) >= 11 is 6.16. The van der Waals surface area contributed by atoms with Gasteiger partial charge in [-0.25, -0.2) is 4.39 Å². The number of nitrogens with zero attached hydrogens (tertiary/aromatic N) is 3. The first-order chi connectivity index (χ1) is 19.8. The number of Topliss-reactive ketones (excluding diaryl/α,β-unsaturated/α-hetero) is 1. The topological polar surface area (TPSA) is 53.0 Å². The van der Waals surface area contributed by atoms with Gasteiger partial charge in [0.15, 0.2) is 5.78 Å². The molecule has 0 fully saturated rings. The number of hydrogen-bond acceptors (Lipinski definition) is 4. The first-order valence-corrected chi connectivity index (χ1v) is 14.5. The van der Waals surface area contributed by atoms with Gasteiger partial charge in [-0.05, 0) is 54.0 Å². The molecule has 0 N–H and O–H groups in total. The number of halogens is 2. The lowest BCUT2D eigenvalue weighted by Crippen LogP contribution is -2.33. The predicted octanol–water partition coefficient (Wildman–Crippen LogP) is 6.76. The largest absolute Gasteiger partial charge is 0.374 e. The molecular formula is C35H45ClFN3O2. The summed E-state index contributed by atoms with van der Waals surface area (Å²) in [7, 11) is 8.66. The van der Waals surface area contributed by atoms with Crippen LogP contribution in [0, 0.1) is 12.7 Å². The van der Waals surface area contributed by atoms with Crippen molar-refractivity contribution in [2.45, 2.75) is 47.5 Å². The second-order valence-electron chi connectivity index (χ2n) is 9.92. The minimum absolute atomic E-state index is 0.0645. The maximum atomic E-state index is 14.5. The van der Waals surface area contributed by atoms with Gasteiger partial charge in [-0.3, -0.25) is 14.6 Å². The van der Waals surface area contributed by atoms with E-state index in [4.69, 9.17) is 11.6 Å². The smallest absolute Gasteiger partial charge is 0.253 e. The average molecular weight is 594 g/mol. The molecule has 0 aliphatic heterocycles. The molecule has 0 aliphatic carbocycles. The van der Waals surface area contributed by atoms with Gasteiger partial charge < -0.3 is 9.80 Å². The fourth-order valence-corrected chi connectivity index (χ4v) is 4.79. The van der Waals surface area contributed by atoms with Crippen LogP contribution in [0.1, 0.15) is 62.0 Å². The molecule has 0 atom stereocenters. The van der Waals surface area contributed by atoms with Gasteiger partial charge in [-0.15, -0.1) is 0 Å². The van der Waals surface area contributed by atoms with E-state index < -0.39 is 5.82 Å². The second-order valence-corrected chi connectivity index (χ2v) is 10.3. The molecule has 3 rings (SSSR count). The Balaban J connectivity index is 0.000000465. The normalized spacial score (nSPS) is 11.4. The van der Waals surface area contributed by atoms with Gasteiger partial charge in [-0.1, -0.05) is 75.7 Å². The SMILES string of the molecule is C=c1cc(-c2ccc(C(=O)N(C)C)cc2F)cc/c1=C(\C(C)=O)N(C)C.CC.CCCC(=NC)c1c(C)cccc1Cl. The van der Waals surface area contributed by atoms with Crippen molar-refractivity contribution in [2.24, 2.45) is 4.99 Å². The quantitative estimate of drug-likeness (QED) is 0.285. The Bertz CT molecular complexity index is 1510. The van der Waals surface area contributed by atoms with Gasteiger partial charge in [0.2, 0.25) is 0 Å². The van der Waals surface area contributed by atoms with Gasteiger partial charge in [0.25, 0.3) is 5.91 Å². The molecule has 0 spiro atoms. The van der Waals surface area contributed by atoms with Gasteiger partial charge >= 0.3 is 0 Å². The number of likely N-dealkylation sites (N-methyl/N-ethyl adjacent to an activating group) is 1. The van der Waals surface area contributed by atoms with Crippen molar-refractivity contribution in [1.82, 2.24) is 9.80 Å². The van der Waals surface area contributed by atoms with Crippen molar-refractivity contribution < 1.29 is 14.0 Å². The van der Waals surface area contributed by atoms with Crippen LogP contribution in [0.2, 0.25) is 5.02 Å². The summed E-state index contributed by atoms with van der Waals surface area (Å²) in [6.45, 7) is 13.7. The fraction of sp³-hybridized carbons (Fsp3) is 0.343. The van der Waals surface area contributed by atoms with Gasteiger partial charge in [0.1, 0.15) is 5.82 Å². The molecule has 0 aromatic heterocycles. The molecule has 0 unspecified atom stereocenters. The summed E-state index contributed by atoms with van der Waals surface area (Å²) in [5.41, 5.74) is 5.28. The first-order valence-electron chi connectivity index (χ1n) is 14.1. The molecule has 0 radical (unpaired) electrons. The Morgan fingerprint density at radius 3 is 2.07 bits per heavy atom. The molecule has 1 amide bonds. The van der Waals surface area contributed by atoms with Crippen molar-refractivity contribution in [3.05, 3.63) is 92.6 Å². The van der Waals surface area contributed by atoms with E-state index in [9.17, 15) is 14.0 Å².